The molecular weight excluding hydrogens is 290 g/mol. The van der Waals surface area contributed by atoms with Crippen LogP contribution in [0.25, 0.3) is 0 Å². The van der Waals surface area contributed by atoms with E-state index in [4.69, 9.17) is 16.3 Å². The predicted octanol–water partition coefficient (Wildman–Crippen LogP) is 1.89. The lowest BCUT2D eigenvalue weighted by molar-refractivity contribution is -0.0453. The highest BCUT2D eigenvalue weighted by Crippen LogP contribution is 2.62. The Labute approximate surface area is 143 Å². The van der Waals surface area contributed by atoms with Crippen molar-refractivity contribution in [3.63, 3.8) is 0 Å². The number of likely N-dealkylation sites (N-methyl/N-ethyl adjacent to an activating group) is 1. The van der Waals surface area contributed by atoms with Crippen molar-refractivity contribution in [2.75, 3.05) is 20.2 Å². The van der Waals surface area contributed by atoms with Crippen LogP contribution < -0.4 is 9.47 Å². The van der Waals surface area contributed by atoms with Crippen molar-refractivity contribution in [3.05, 3.63) is 35.4 Å². The molecule has 4 aliphatic rings. The van der Waals surface area contributed by atoms with E-state index >= 15 is 0 Å². The van der Waals surface area contributed by atoms with E-state index < -0.39 is 25.6 Å². The van der Waals surface area contributed by atoms with Gasteiger partial charge in [-0.3, -0.25) is 0 Å². The molecule has 5 rings (SSSR count). The third-order valence-corrected chi connectivity index (χ3v) is 6.30. The second-order valence-corrected chi connectivity index (χ2v) is 7.11. The molecule has 1 aromatic rings. The average molecular weight is 318 g/mol. The molecule has 0 saturated carbocycles. The minimum absolute atomic E-state index is 0.0898. The Bertz CT molecular complexity index is 870. The third-order valence-electron chi connectivity index (χ3n) is 6.30. The molecule has 2 heterocycles. The Morgan fingerprint density at radius 2 is 2.43 bits per heavy atom. The van der Waals surface area contributed by atoms with Crippen LogP contribution in [-0.2, 0) is 11.8 Å². The highest BCUT2D eigenvalue weighted by Gasteiger charge is 2.64. The van der Waals surface area contributed by atoms with Gasteiger partial charge in [0.05, 0.1) is 9.30 Å². The van der Waals surface area contributed by atoms with Crippen molar-refractivity contribution in [1.82, 2.24) is 4.90 Å². The van der Waals surface area contributed by atoms with E-state index in [1.807, 2.05) is 6.07 Å². The zero-order valence-corrected chi connectivity index (χ0v) is 13.0. The van der Waals surface area contributed by atoms with Crippen molar-refractivity contribution in [2.24, 2.45) is 5.92 Å². The Kier molecular flexibility index (Phi) is 1.90. The van der Waals surface area contributed by atoms with Crippen molar-refractivity contribution < 1.29 is 21.4 Å². The molecule has 0 radical (unpaired) electrons. The third kappa shape index (κ3) is 1.54. The van der Waals surface area contributed by atoms with E-state index in [-0.39, 0.29) is 17.1 Å². The molecule has 5 atom stereocenters. The lowest BCUT2D eigenvalue weighted by Crippen LogP contribution is -2.64. The summed E-state index contributed by atoms with van der Waals surface area (Å²) >= 11 is 0. The Morgan fingerprint density at radius 3 is 3.30 bits per heavy atom. The highest BCUT2D eigenvalue weighted by atomic mass is 16.5. The van der Waals surface area contributed by atoms with Crippen molar-refractivity contribution in [2.45, 2.75) is 43.4 Å². The molecule has 4 nitrogen and oxygen atoms in total. The van der Waals surface area contributed by atoms with E-state index in [0.29, 0.717) is 11.8 Å². The van der Waals surface area contributed by atoms with Crippen LogP contribution in [0, 0.1) is 5.92 Å². The number of benzene rings is 1. The monoisotopic (exact) mass is 318 g/mol. The van der Waals surface area contributed by atoms with Gasteiger partial charge in [-0.1, -0.05) is 18.2 Å². The number of hydrogen-bond acceptors (Lipinski definition) is 4. The van der Waals surface area contributed by atoms with Crippen molar-refractivity contribution in [1.29, 1.82) is 0 Å². The van der Waals surface area contributed by atoms with Gasteiger partial charge in [-0.25, -0.2) is 0 Å². The summed E-state index contributed by atoms with van der Waals surface area (Å²) in [5, 5.41) is 10.7. The summed E-state index contributed by atoms with van der Waals surface area (Å²) < 4.78 is 49.6. The van der Waals surface area contributed by atoms with Gasteiger partial charge in [0.25, 0.3) is 0 Å². The molecule has 1 saturated heterocycles. The normalized spacial score (nSPS) is 44.2. The molecule has 1 aromatic carbocycles. The smallest absolute Gasteiger partial charge is 0.165 e. The number of hydrogen-bond donors (Lipinski definition) is 1. The zero-order valence-electron chi connectivity index (χ0n) is 18.0. The summed E-state index contributed by atoms with van der Waals surface area (Å²) in [6, 6.07) is 3.80. The summed E-state index contributed by atoms with van der Waals surface area (Å²) in [5.74, 6) is 0.668. The van der Waals surface area contributed by atoms with Gasteiger partial charge in [0.15, 0.2) is 11.5 Å². The van der Waals surface area contributed by atoms with Crippen LogP contribution in [0.4, 0.5) is 0 Å². The first kappa shape index (κ1) is 9.70. The van der Waals surface area contributed by atoms with Crippen LogP contribution in [-0.4, -0.2) is 48.4 Å². The van der Waals surface area contributed by atoms with E-state index in [1.165, 1.54) is 0 Å². The molecule has 0 unspecified atom stereocenters. The Morgan fingerprint density at radius 1 is 1.52 bits per heavy atom. The number of aliphatic hydroxyl groups excluding tert-OH is 1. The van der Waals surface area contributed by atoms with Crippen LogP contribution in [0.3, 0.4) is 0 Å². The Hall–Kier alpha value is -1.52. The van der Waals surface area contributed by atoms with Gasteiger partial charge in [-0.2, -0.15) is 0 Å². The topological polar surface area (TPSA) is 41.9 Å². The van der Waals surface area contributed by atoms with E-state index in [1.54, 1.807) is 12.1 Å². The maximum Gasteiger partial charge on any atom is 0.165 e. The van der Waals surface area contributed by atoms with Gasteiger partial charge < -0.3 is 19.5 Å². The van der Waals surface area contributed by atoms with Crippen LogP contribution in [0.1, 0.15) is 31.3 Å². The largest absolute Gasteiger partial charge is 0.490 e. The van der Waals surface area contributed by atoms with Gasteiger partial charge in [-0.05, 0) is 44.9 Å². The summed E-state index contributed by atoms with van der Waals surface area (Å²) in [5.41, 5.74) is 1.68. The number of piperidine rings is 1. The Balaban J connectivity index is 1.67. The van der Waals surface area contributed by atoms with Gasteiger partial charge in [0.2, 0.25) is 0 Å². The molecule has 1 fully saturated rings. The quantitative estimate of drug-likeness (QED) is 0.846. The first-order valence-electron chi connectivity index (χ1n) is 10.6. The average Bonchev–Trinajstić information content (AvgIpc) is 2.96. The minimum atomic E-state index is -2.93. The predicted molar refractivity (Wildman–Crippen MR) is 87.1 cm³/mol. The van der Waals surface area contributed by atoms with E-state index in [2.05, 4.69) is 18.0 Å². The van der Waals surface area contributed by atoms with Gasteiger partial charge in [-0.15, -0.1) is 0 Å². The number of rotatable bonds is 2. The molecule has 23 heavy (non-hydrogen) atoms. The van der Waals surface area contributed by atoms with E-state index in [9.17, 15) is 5.11 Å². The molecular formula is C19H23NO3. The number of likely N-dealkylation sites (tertiary alicyclic amines) is 1. The molecule has 2 aliphatic carbocycles. The van der Waals surface area contributed by atoms with Gasteiger partial charge in [0, 0.05) is 27.1 Å². The summed E-state index contributed by atoms with van der Waals surface area (Å²) in [6.45, 7) is -4.89. The molecule has 122 valence electrons. The lowest BCUT2D eigenvalue weighted by atomic mass is 9.53. The zero-order chi connectivity index (χ0) is 20.1. The minimum Gasteiger partial charge on any atom is -0.490 e. The molecule has 4 heteroatoms. The number of aliphatic hydroxyl groups is 1. The van der Waals surface area contributed by atoms with Crippen molar-refractivity contribution in [3.8, 4) is 11.5 Å². The van der Waals surface area contributed by atoms with E-state index in [0.717, 1.165) is 30.5 Å². The van der Waals surface area contributed by atoms with Crippen molar-refractivity contribution >= 4 is 0 Å². The standard InChI is InChI=1S/C19H23NO3/c1-3-22-15-7-4-11-10-13-12-5-6-14(21)18-19(12,8-9-20(13)2)16(11)17(15)23-18/h4-7,12-14,18,21H,3,8-10H2,1-2H3/t12-,13+,14-,18-,19-/m0/s1/i1D3,3D2. The second kappa shape index (κ2) is 4.52. The fourth-order valence-electron chi connectivity index (χ4n) is 5.36. The van der Waals surface area contributed by atoms with Crippen LogP contribution in [0.5, 0.6) is 11.5 Å². The number of ether oxygens (including phenoxy) is 2. The fraction of sp³-hybridized carbons (Fsp3) is 0.579. The summed E-state index contributed by atoms with van der Waals surface area (Å²) in [6.07, 6.45) is 4.28. The molecule has 0 aromatic heterocycles. The maximum atomic E-state index is 10.7. The molecule has 2 aliphatic heterocycles. The summed E-state index contributed by atoms with van der Waals surface area (Å²) in [4.78, 5) is 2.35. The van der Waals surface area contributed by atoms with Gasteiger partial charge >= 0.3 is 0 Å². The van der Waals surface area contributed by atoms with Crippen LogP contribution in [0.15, 0.2) is 24.3 Å². The first-order valence-corrected chi connectivity index (χ1v) is 8.15. The second-order valence-electron chi connectivity index (χ2n) is 7.11. The van der Waals surface area contributed by atoms with Crippen LogP contribution in [0.2, 0.25) is 0 Å². The number of nitrogens with zero attached hydrogens (tertiary/aromatic N) is 1. The summed E-state index contributed by atoms with van der Waals surface area (Å²) in [7, 11) is 2.12. The SMILES string of the molecule is [2H]C([2H])([2H])C([2H])([2H])Oc1ccc2c3c1O[C@H]1[C@@H](O)C=C[C@H]4[C@@H](C2)N(C)CC[C@@]341. The molecule has 1 spiro atoms. The first-order chi connectivity index (χ1) is 13.1. The molecule has 0 amide bonds. The highest BCUT2D eigenvalue weighted by molar-refractivity contribution is 5.62. The maximum absolute atomic E-state index is 10.7. The molecule has 2 bridgehead atoms. The van der Waals surface area contributed by atoms with Crippen LogP contribution >= 0.6 is 0 Å². The molecule has 1 N–H and O–H groups in total. The fourth-order valence-corrected chi connectivity index (χ4v) is 5.36. The lowest BCUT2D eigenvalue weighted by Gasteiger charge is -2.56. The van der Waals surface area contributed by atoms with Gasteiger partial charge in [0.1, 0.15) is 12.2 Å².